The van der Waals surface area contributed by atoms with Gasteiger partial charge >= 0.3 is 0 Å². The third kappa shape index (κ3) is 3.03. The van der Waals surface area contributed by atoms with Gasteiger partial charge in [0.25, 0.3) is 0 Å². The first-order valence-electron chi connectivity index (χ1n) is 3.91. The number of hydrogen-bond donors (Lipinski definition) is 0. The van der Waals surface area contributed by atoms with Crippen molar-refractivity contribution in [1.82, 2.24) is 0 Å². The molecule has 0 saturated heterocycles. The van der Waals surface area contributed by atoms with Gasteiger partial charge in [-0.3, -0.25) is 0 Å². The number of aryl methyl sites for hydroxylation is 1. The molecule has 57 valence electrons. The molecule has 0 saturated carbocycles. The molecule has 0 heterocycles. The van der Waals surface area contributed by atoms with Gasteiger partial charge in [0, 0.05) is 0 Å². The monoisotopic (exact) mass is 145 g/mol. The highest BCUT2D eigenvalue weighted by Gasteiger charge is 1.90. The summed E-state index contributed by atoms with van der Waals surface area (Å²) in [5.74, 6) is 0. The van der Waals surface area contributed by atoms with Crippen LogP contribution in [0.5, 0.6) is 0 Å². The van der Waals surface area contributed by atoms with Gasteiger partial charge in [-0.25, -0.2) is 0 Å². The van der Waals surface area contributed by atoms with E-state index in [4.69, 9.17) is 6.58 Å². The Morgan fingerprint density at radius 1 is 1.27 bits per heavy atom. The molecule has 1 radical (unpaired) electrons. The van der Waals surface area contributed by atoms with Crippen LogP contribution >= 0.6 is 0 Å². The average molecular weight is 145 g/mol. The third-order valence-electron chi connectivity index (χ3n) is 1.65. The van der Waals surface area contributed by atoms with Gasteiger partial charge in [0.15, 0.2) is 0 Å². The van der Waals surface area contributed by atoms with Gasteiger partial charge in [-0.2, -0.15) is 0 Å². The fourth-order valence-corrected chi connectivity index (χ4v) is 0.986. The largest absolute Gasteiger partial charge is 0.0730 e. The average Bonchev–Trinajstić information content (AvgIpc) is 2.03. The van der Waals surface area contributed by atoms with E-state index < -0.39 is 0 Å². The SMILES string of the molecule is [CH]=C(C)CCc1ccccc1. The van der Waals surface area contributed by atoms with Crippen molar-refractivity contribution in [3.8, 4) is 0 Å². The third-order valence-corrected chi connectivity index (χ3v) is 1.65. The number of hydrogen-bond acceptors (Lipinski definition) is 0. The summed E-state index contributed by atoms with van der Waals surface area (Å²) < 4.78 is 0. The molecule has 0 amide bonds. The maximum absolute atomic E-state index is 5.56. The quantitative estimate of drug-likeness (QED) is 0.613. The van der Waals surface area contributed by atoms with Gasteiger partial charge < -0.3 is 0 Å². The smallest absolute Gasteiger partial charge is 0.0241 e. The van der Waals surface area contributed by atoms with Crippen LogP contribution in [0.4, 0.5) is 0 Å². The molecular formula is C11H13. The Bertz CT molecular complexity index is 221. The first-order chi connectivity index (χ1) is 5.29. The molecule has 0 unspecified atom stereocenters. The molecule has 11 heavy (non-hydrogen) atoms. The van der Waals surface area contributed by atoms with E-state index >= 15 is 0 Å². The Hall–Kier alpha value is -1.04. The van der Waals surface area contributed by atoms with Crippen LogP contribution in [0, 0.1) is 6.58 Å². The lowest BCUT2D eigenvalue weighted by Crippen LogP contribution is -1.84. The van der Waals surface area contributed by atoms with E-state index in [0.29, 0.717) is 0 Å². The maximum atomic E-state index is 5.56. The zero-order valence-electron chi connectivity index (χ0n) is 6.88. The summed E-state index contributed by atoms with van der Waals surface area (Å²) in [6.07, 6.45) is 2.05. The Labute approximate surface area is 68.6 Å². The van der Waals surface area contributed by atoms with Crippen molar-refractivity contribution < 1.29 is 0 Å². The van der Waals surface area contributed by atoms with Gasteiger partial charge in [-0.05, 0) is 25.3 Å². The van der Waals surface area contributed by atoms with Crippen molar-refractivity contribution in [2.45, 2.75) is 19.8 Å². The molecule has 0 fully saturated rings. The Morgan fingerprint density at radius 3 is 2.45 bits per heavy atom. The fourth-order valence-electron chi connectivity index (χ4n) is 0.986. The second kappa shape index (κ2) is 3.97. The van der Waals surface area contributed by atoms with Crippen molar-refractivity contribution in [2.75, 3.05) is 0 Å². The fraction of sp³-hybridized carbons (Fsp3) is 0.273. The number of benzene rings is 1. The predicted molar refractivity (Wildman–Crippen MR) is 48.3 cm³/mol. The van der Waals surface area contributed by atoms with E-state index in [0.717, 1.165) is 18.4 Å². The molecule has 1 aromatic rings. The molecule has 0 spiro atoms. The van der Waals surface area contributed by atoms with Crippen LogP contribution in [0.1, 0.15) is 18.9 Å². The minimum Gasteiger partial charge on any atom is -0.0730 e. The summed E-state index contributed by atoms with van der Waals surface area (Å²) in [6, 6.07) is 10.4. The molecule has 0 aliphatic heterocycles. The molecule has 0 aromatic heterocycles. The summed E-state index contributed by atoms with van der Waals surface area (Å²) in [5.41, 5.74) is 2.37. The lowest BCUT2D eigenvalue weighted by atomic mass is 10.1. The van der Waals surface area contributed by atoms with Crippen molar-refractivity contribution in [3.05, 3.63) is 48.0 Å². The zero-order valence-corrected chi connectivity index (χ0v) is 6.88. The Morgan fingerprint density at radius 2 is 1.91 bits per heavy atom. The van der Waals surface area contributed by atoms with Crippen molar-refractivity contribution in [3.63, 3.8) is 0 Å². The molecule has 0 atom stereocenters. The van der Waals surface area contributed by atoms with Crippen LogP contribution in [0.3, 0.4) is 0 Å². The Kier molecular flexibility index (Phi) is 2.91. The zero-order chi connectivity index (χ0) is 8.10. The van der Waals surface area contributed by atoms with Crippen LogP contribution in [0.15, 0.2) is 35.9 Å². The van der Waals surface area contributed by atoms with Crippen molar-refractivity contribution in [2.24, 2.45) is 0 Å². The van der Waals surface area contributed by atoms with Gasteiger partial charge in [-0.1, -0.05) is 42.5 Å². The number of rotatable bonds is 3. The molecule has 0 bridgehead atoms. The lowest BCUT2D eigenvalue weighted by molar-refractivity contribution is 0.943. The first-order valence-corrected chi connectivity index (χ1v) is 3.91. The molecule has 1 rings (SSSR count). The molecule has 0 aliphatic rings. The van der Waals surface area contributed by atoms with Gasteiger partial charge in [0.1, 0.15) is 0 Å². The van der Waals surface area contributed by atoms with E-state index in [1.54, 1.807) is 0 Å². The highest BCUT2D eigenvalue weighted by molar-refractivity contribution is 5.15. The second-order valence-corrected chi connectivity index (χ2v) is 2.83. The van der Waals surface area contributed by atoms with E-state index in [-0.39, 0.29) is 0 Å². The minimum atomic E-state index is 0.990. The summed E-state index contributed by atoms with van der Waals surface area (Å²) in [6.45, 7) is 7.52. The predicted octanol–water partition coefficient (Wildman–Crippen LogP) is 3.00. The standard InChI is InChI=1S/C11H13/c1-10(2)8-9-11-6-4-3-5-7-11/h1,3-7H,8-9H2,2H3. The molecular weight excluding hydrogens is 132 g/mol. The summed E-state index contributed by atoms with van der Waals surface area (Å²) >= 11 is 0. The summed E-state index contributed by atoms with van der Waals surface area (Å²) in [5, 5.41) is 0. The summed E-state index contributed by atoms with van der Waals surface area (Å²) in [4.78, 5) is 0. The lowest BCUT2D eigenvalue weighted by Gasteiger charge is -1.98. The van der Waals surface area contributed by atoms with Crippen molar-refractivity contribution in [1.29, 1.82) is 0 Å². The Balaban J connectivity index is 2.45. The van der Waals surface area contributed by atoms with Crippen LogP contribution in [-0.4, -0.2) is 0 Å². The molecule has 0 nitrogen and oxygen atoms in total. The molecule has 1 aromatic carbocycles. The highest BCUT2D eigenvalue weighted by atomic mass is 14.0. The van der Waals surface area contributed by atoms with Crippen molar-refractivity contribution >= 4 is 0 Å². The van der Waals surface area contributed by atoms with Gasteiger partial charge in [0.05, 0.1) is 0 Å². The highest BCUT2D eigenvalue weighted by Crippen LogP contribution is 2.05. The molecule has 0 heteroatoms. The van der Waals surface area contributed by atoms with Crippen LogP contribution in [-0.2, 0) is 6.42 Å². The second-order valence-electron chi connectivity index (χ2n) is 2.83. The topological polar surface area (TPSA) is 0 Å². The van der Waals surface area contributed by atoms with E-state index in [1.807, 2.05) is 13.0 Å². The van der Waals surface area contributed by atoms with E-state index in [9.17, 15) is 0 Å². The normalized spacial score (nSPS) is 9.55. The maximum Gasteiger partial charge on any atom is -0.0241 e. The van der Waals surface area contributed by atoms with Gasteiger partial charge in [-0.15, -0.1) is 0 Å². The van der Waals surface area contributed by atoms with Gasteiger partial charge in [0.2, 0.25) is 0 Å². The first kappa shape index (κ1) is 8.06. The molecule has 0 N–H and O–H groups in total. The minimum absolute atomic E-state index is 0.990. The van der Waals surface area contributed by atoms with E-state index in [2.05, 4.69) is 24.3 Å². The van der Waals surface area contributed by atoms with E-state index in [1.165, 1.54) is 5.56 Å². The van der Waals surface area contributed by atoms with Crippen LogP contribution in [0.2, 0.25) is 0 Å². The van der Waals surface area contributed by atoms with Crippen LogP contribution < -0.4 is 0 Å². The van der Waals surface area contributed by atoms with Crippen LogP contribution in [0.25, 0.3) is 0 Å². The number of allylic oxidation sites excluding steroid dienone is 1. The molecule has 0 aliphatic carbocycles. The summed E-state index contributed by atoms with van der Waals surface area (Å²) in [7, 11) is 0.